The number of pyridine rings is 1. The van der Waals surface area contributed by atoms with Gasteiger partial charge in [0.2, 0.25) is 0 Å². The van der Waals surface area contributed by atoms with Crippen LogP contribution in [0.2, 0.25) is 0 Å². The van der Waals surface area contributed by atoms with Gasteiger partial charge in [0.15, 0.2) is 0 Å². The molecule has 0 aromatic carbocycles. The van der Waals surface area contributed by atoms with Crippen molar-refractivity contribution in [1.82, 2.24) is 4.98 Å². The van der Waals surface area contributed by atoms with Crippen molar-refractivity contribution in [3.05, 3.63) is 23.0 Å². The maximum Gasteiger partial charge on any atom is 0.145 e. The normalized spacial score (nSPS) is 17.1. The van der Waals surface area contributed by atoms with E-state index >= 15 is 0 Å². The molecule has 0 unspecified atom stereocenters. The molecule has 1 aliphatic rings. The molecule has 1 aromatic rings. The van der Waals surface area contributed by atoms with Crippen LogP contribution in [0.4, 0.5) is 0 Å². The van der Waals surface area contributed by atoms with Gasteiger partial charge in [-0.3, -0.25) is 9.98 Å². The summed E-state index contributed by atoms with van der Waals surface area (Å²) < 4.78 is 0. The van der Waals surface area contributed by atoms with Crippen LogP contribution in [-0.4, -0.2) is 27.5 Å². The van der Waals surface area contributed by atoms with Gasteiger partial charge >= 0.3 is 0 Å². The number of hydrogen-bond acceptors (Lipinski definition) is 4. The minimum absolute atomic E-state index is 0.123. The van der Waals surface area contributed by atoms with Gasteiger partial charge in [-0.15, -0.1) is 0 Å². The van der Waals surface area contributed by atoms with Gasteiger partial charge in [0.1, 0.15) is 5.75 Å². The number of aromatic nitrogens is 1. The smallest absolute Gasteiger partial charge is 0.145 e. The van der Waals surface area contributed by atoms with Crippen molar-refractivity contribution in [3.63, 3.8) is 0 Å². The number of hydrogen-bond donors (Lipinski definition) is 2. The predicted molar refractivity (Wildman–Crippen MR) is 66.4 cm³/mol. The highest BCUT2D eigenvalue weighted by Gasteiger charge is 2.14. The number of nitrogens with zero attached hydrogens (tertiary/aromatic N) is 2. The first-order valence-corrected chi connectivity index (χ1v) is 6.04. The second-order valence-corrected chi connectivity index (χ2v) is 4.51. The Morgan fingerprint density at radius 1 is 1.47 bits per heavy atom. The second kappa shape index (κ2) is 5.27. The van der Waals surface area contributed by atoms with Crippen molar-refractivity contribution < 1.29 is 10.2 Å². The molecular weight excluding hydrogens is 216 g/mol. The zero-order chi connectivity index (χ0) is 12.3. The SMILES string of the molecule is Cc1ncc(CO)c(C=NC2CCCC2)c1O. The van der Waals surface area contributed by atoms with Crippen molar-refractivity contribution in [1.29, 1.82) is 0 Å². The molecule has 2 rings (SSSR count). The third-order valence-electron chi connectivity index (χ3n) is 3.27. The first-order chi connectivity index (χ1) is 8.22. The fraction of sp³-hybridized carbons (Fsp3) is 0.538. The summed E-state index contributed by atoms with van der Waals surface area (Å²) in [6.07, 6.45) is 7.98. The summed E-state index contributed by atoms with van der Waals surface area (Å²) in [5.74, 6) is 0.123. The van der Waals surface area contributed by atoms with Gasteiger partial charge in [-0.2, -0.15) is 0 Å². The van der Waals surface area contributed by atoms with Gasteiger partial charge in [-0.25, -0.2) is 0 Å². The van der Waals surface area contributed by atoms with Gasteiger partial charge in [-0.1, -0.05) is 12.8 Å². The summed E-state index contributed by atoms with van der Waals surface area (Å²) in [6.45, 7) is 1.61. The van der Waals surface area contributed by atoms with Gasteiger partial charge < -0.3 is 10.2 Å². The first kappa shape index (κ1) is 12.0. The van der Waals surface area contributed by atoms with Gasteiger partial charge in [-0.05, 0) is 19.8 Å². The zero-order valence-corrected chi connectivity index (χ0v) is 10.1. The summed E-state index contributed by atoms with van der Waals surface area (Å²) in [5.41, 5.74) is 1.79. The van der Waals surface area contributed by atoms with Crippen LogP contribution in [0.25, 0.3) is 0 Å². The number of rotatable bonds is 3. The highest BCUT2D eigenvalue weighted by molar-refractivity contribution is 5.85. The van der Waals surface area contributed by atoms with Gasteiger partial charge in [0.05, 0.1) is 12.3 Å². The monoisotopic (exact) mass is 234 g/mol. The van der Waals surface area contributed by atoms with Crippen LogP contribution in [0.1, 0.15) is 42.5 Å². The Morgan fingerprint density at radius 3 is 2.82 bits per heavy atom. The molecule has 0 amide bonds. The fourth-order valence-electron chi connectivity index (χ4n) is 2.16. The number of aliphatic hydroxyl groups is 1. The average molecular weight is 234 g/mol. The minimum atomic E-state index is -0.132. The predicted octanol–water partition coefficient (Wildman–Crippen LogP) is 1.95. The number of aromatic hydroxyl groups is 1. The molecule has 17 heavy (non-hydrogen) atoms. The van der Waals surface area contributed by atoms with Crippen LogP contribution in [0, 0.1) is 6.92 Å². The largest absolute Gasteiger partial charge is 0.505 e. The molecule has 0 saturated heterocycles. The molecule has 0 aliphatic heterocycles. The van der Waals surface area contributed by atoms with E-state index in [1.54, 1.807) is 19.3 Å². The van der Waals surface area contributed by atoms with E-state index in [1.165, 1.54) is 12.8 Å². The second-order valence-electron chi connectivity index (χ2n) is 4.51. The minimum Gasteiger partial charge on any atom is -0.505 e. The van der Waals surface area contributed by atoms with Crippen LogP contribution in [0.5, 0.6) is 5.75 Å². The van der Waals surface area contributed by atoms with Crippen molar-refractivity contribution >= 4 is 6.21 Å². The summed E-state index contributed by atoms with van der Waals surface area (Å²) >= 11 is 0. The molecule has 1 aromatic heterocycles. The Hall–Kier alpha value is -1.42. The molecule has 92 valence electrons. The number of aliphatic imine (C=N–C) groups is 1. The molecule has 0 spiro atoms. The topological polar surface area (TPSA) is 65.7 Å². The highest BCUT2D eigenvalue weighted by Crippen LogP contribution is 2.24. The summed E-state index contributed by atoms with van der Waals surface area (Å²) in [7, 11) is 0. The van der Waals surface area contributed by atoms with E-state index in [4.69, 9.17) is 0 Å². The summed E-state index contributed by atoms with van der Waals surface area (Å²) in [5, 5.41) is 19.1. The number of aliphatic hydroxyl groups excluding tert-OH is 1. The molecule has 0 radical (unpaired) electrons. The van der Waals surface area contributed by atoms with Crippen molar-refractivity contribution in [2.45, 2.75) is 45.3 Å². The maximum atomic E-state index is 9.92. The Balaban J connectivity index is 2.26. The molecule has 1 heterocycles. The first-order valence-electron chi connectivity index (χ1n) is 6.04. The standard InChI is InChI=1S/C13H18N2O2/c1-9-13(17)12(10(8-16)6-14-9)7-15-11-4-2-3-5-11/h6-7,11,16-17H,2-5,8H2,1H3. The van der Waals surface area contributed by atoms with Crippen molar-refractivity contribution in [2.24, 2.45) is 4.99 Å². The van der Waals surface area contributed by atoms with Crippen LogP contribution in [0.15, 0.2) is 11.2 Å². The highest BCUT2D eigenvalue weighted by atomic mass is 16.3. The third kappa shape index (κ3) is 2.64. The molecule has 1 saturated carbocycles. The molecule has 4 nitrogen and oxygen atoms in total. The van der Waals surface area contributed by atoms with Gasteiger partial charge in [0, 0.05) is 29.6 Å². The Labute approximate surface area is 101 Å². The van der Waals surface area contributed by atoms with Crippen LogP contribution in [0.3, 0.4) is 0 Å². The summed E-state index contributed by atoms with van der Waals surface area (Å²) in [4.78, 5) is 8.50. The lowest BCUT2D eigenvalue weighted by Crippen LogP contribution is -2.01. The molecule has 0 bridgehead atoms. The summed E-state index contributed by atoms with van der Waals surface area (Å²) in [6, 6.07) is 0.370. The average Bonchev–Trinajstić information content (AvgIpc) is 2.84. The molecule has 1 fully saturated rings. The maximum absolute atomic E-state index is 9.92. The fourth-order valence-corrected chi connectivity index (χ4v) is 2.16. The van der Waals surface area contributed by atoms with E-state index in [1.807, 2.05) is 0 Å². The molecule has 1 aliphatic carbocycles. The zero-order valence-electron chi connectivity index (χ0n) is 10.1. The van der Waals surface area contributed by atoms with E-state index in [9.17, 15) is 10.2 Å². The van der Waals surface area contributed by atoms with E-state index in [0.29, 0.717) is 22.9 Å². The quantitative estimate of drug-likeness (QED) is 0.785. The lowest BCUT2D eigenvalue weighted by molar-refractivity contribution is 0.280. The van der Waals surface area contributed by atoms with Crippen molar-refractivity contribution in [3.8, 4) is 5.75 Å². The van der Waals surface area contributed by atoms with E-state index in [2.05, 4.69) is 9.98 Å². The van der Waals surface area contributed by atoms with Crippen LogP contribution < -0.4 is 0 Å². The van der Waals surface area contributed by atoms with E-state index < -0.39 is 0 Å². The molecular formula is C13H18N2O2. The Bertz CT molecular complexity index is 424. The van der Waals surface area contributed by atoms with E-state index in [0.717, 1.165) is 12.8 Å². The lowest BCUT2D eigenvalue weighted by Gasteiger charge is -2.08. The lowest BCUT2D eigenvalue weighted by atomic mass is 10.1. The third-order valence-corrected chi connectivity index (χ3v) is 3.27. The van der Waals surface area contributed by atoms with Crippen LogP contribution in [-0.2, 0) is 6.61 Å². The molecule has 4 heteroatoms. The molecule has 2 N–H and O–H groups in total. The number of aryl methyl sites for hydroxylation is 1. The van der Waals surface area contributed by atoms with E-state index in [-0.39, 0.29) is 12.4 Å². The van der Waals surface area contributed by atoms with Crippen LogP contribution >= 0.6 is 0 Å². The molecule has 0 atom stereocenters. The van der Waals surface area contributed by atoms with Crippen molar-refractivity contribution in [2.75, 3.05) is 0 Å². The Kier molecular flexibility index (Phi) is 3.74. The van der Waals surface area contributed by atoms with Gasteiger partial charge in [0.25, 0.3) is 0 Å². The Morgan fingerprint density at radius 2 is 2.18 bits per heavy atom.